The first kappa shape index (κ1) is 19.4. The van der Waals surface area contributed by atoms with E-state index in [1.807, 2.05) is 71.4 Å². The smallest absolute Gasteiger partial charge is 0.376 e. The summed E-state index contributed by atoms with van der Waals surface area (Å²) < 4.78 is 67.7. The summed E-state index contributed by atoms with van der Waals surface area (Å²) in [6, 6.07) is 23.3. The molecule has 0 spiro atoms. The van der Waals surface area contributed by atoms with E-state index in [0.29, 0.717) is 5.39 Å². The third kappa shape index (κ3) is 3.11. The van der Waals surface area contributed by atoms with Crippen molar-refractivity contribution in [1.82, 2.24) is 4.57 Å². The molecule has 0 saturated heterocycles. The van der Waals surface area contributed by atoms with Crippen molar-refractivity contribution in [2.75, 3.05) is 0 Å². The van der Waals surface area contributed by atoms with Gasteiger partial charge in [-0.25, -0.2) is 0 Å². The second kappa shape index (κ2) is 6.75. The van der Waals surface area contributed by atoms with Crippen molar-refractivity contribution < 1.29 is 25.8 Å². The van der Waals surface area contributed by atoms with Crippen LogP contribution in [0.1, 0.15) is 0 Å². The summed E-state index contributed by atoms with van der Waals surface area (Å²) in [6.07, 6.45) is 1.93. The van der Waals surface area contributed by atoms with Crippen LogP contribution in [0.15, 0.2) is 85.1 Å². The predicted octanol–water partition coefficient (Wildman–Crippen LogP) is 6.17. The van der Waals surface area contributed by atoms with Gasteiger partial charge in [-0.15, -0.1) is 0 Å². The first-order valence-electron chi connectivity index (χ1n) is 9.28. The molecule has 0 N–H and O–H groups in total. The van der Waals surface area contributed by atoms with Gasteiger partial charge < -0.3 is 8.75 Å². The van der Waals surface area contributed by atoms with Gasteiger partial charge in [0.1, 0.15) is 5.75 Å². The quantitative estimate of drug-likeness (QED) is 0.191. The molecule has 0 aliphatic heterocycles. The summed E-state index contributed by atoms with van der Waals surface area (Å²) in [5.41, 5.74) is -3.71. The van der Waals surface area contributed by atoms with Gasteiger partial charge in [-0.2, -0.15) is 21.6 Å². The Labute approximate surface area is 175 Å². The van der Waals surface area contributed by atoms with Crippen LogP contribution >= 0.6 is 0 Å². The highest BCUT2D eigenvalue weighted by molar-refractivity contribution is 7.88. The summed E-state index contributed by atoms with van der Waals surface area (Å²) in [5.74, 6) is -0.396. The van der Waals surface area contributed by atoms with Crippen LogP contribution in [0.25, 0.3) is 38.1 Å². The Morgan fingerprint density at radius 2 is 1.32 bits per heavy atom. The number of aromatic nitrogens is 1. The average molecular weight is 441 g/mol. The number of para-hydroxylation sites is 1. The fourth-order valence-electron chi connectivity index (χ4n) is 3.86. The van der Waals surface area contributed by atoms with Crippen LogP contribution in [-0.4, -0.2) is 18.5 Å². The van der Waals surface area contributed by atoms with E-state index in [1.54, 1.807) is 6.07 Å². The van der Waals surface area contributed by atoms with E-state index < -0.39 is 21.4 Å². The van der Waals surface area contributed by atoms with Crippen molar-refractivity contribution in [2.24, 2.45) is 0 Å². The Morgan fingerprint density at radius 1 is 0.710 bits per heavy atom. The Bertz CT molecular complexity index is 1560. The van der Waals surface area contributed by atoms with Crippen LogP contribution < -0.4 is 4.18 Å². The highest BCUT2D eigenvalue weighted by atomic mass is 32.2. The Morgan fingerprint density at radius 3 is 2.00 bits per heavy atom. The normalized spacial score (nSPS) is 12.6. The number of nitrogens with zero attached hydrogens (tertiary/aromatic N) is 1. The molecule has 8 heteroatoms. The molecule has 1 aromatic heterocycles. The standard InChI is InChI=1S/C23H14F3NO3S/c24-23(25,26)31(28,29)30-16-10-11-19-21(14-16)18-9-5-4-8-17(18)20-12-13-27(22(19)20)15-6-2-1-3-7-15/h1-14H. The summed E-state index contributed by atoms with van der Waals surface area (Å²) in [5, 5.41) is 4.01. The molecule has 4 aromatic carbocycles. The van der Waals surface area contributed by atoms with Gasteiger partial charge in [0.25, 0.3) is 0 Å². The van der Waals surface area contributed by atoms with Crippen LogP contribution in [0.2, 0.25) is 0 Å². The van der Waals surface area contributed by atoms with Crippen LogP contribution in [0.4, 0.5) is 13.2 Å². The lowest BCUT2D eigenvalue weighted by Crippen LogP contribution is -2.28. The lowest BCUT2D eigenvalue weighted by Gasteiger charge is -2.13. The first-order valence-corrected chi connectivity index (χ1v) is 10.7. The predicted molar refractivity (Wildman–Crippen MR) is 114 cm³/mol. The van der Waals surface area contributed by atoms with E-state index in [4.69, 9.17) is 0 Å². The molecule has 0 radical (unpaired) electrons. The second-order valence-electron chi connectivity index (χ2n) is 7.02. The maximum Gasteiger partial charge on any atom is 0.534 e. The number of alkyl halides is 3. The molecule has 0 fully saturated rings. The van der Waals surface area contributed by atoms with Crippen LogP contribution in [0.5, 0.6) is 5.75 Å². The maximum atomic E-state index is 12.8. The molecule has 31 heavy (non-hydrogen) atoms. The summed E-state index contributed by atoms with van der Waals surface area (Å²) in [6.45, 7) is 0. The van der Waals surface area contributed by atoms with E-state index >= 15 is 0 Å². The fourth-order valence-corrected chi connectivity index (χ4v) is 4.31. The molecule has 0 aliphatic carbocycles. The van der Waals surface area contributed by atoms with E-state index in [2.05, 4.69) is 4.18 Å². The van der Waals surface area contributed by atoms with Gasteiger partial charge in [0, 0.05) is 22.7 Å². The van der Waals surface area contributed by atoms with E-state index in [-0.39, 0.29) is 0 Å². The lowest BCUT2D eigenvalue weighted by molar-refractivity contribution is -0.0500. The van der Waals surface area contributed by atoms with Crippen molar-refractivity contribution in [2.45, 2.75) is 5.51 Å². The minimum Gasteiger partial charge on any atom is -0.376 e. The highest BCUT2D eigenvalue weighted by Crippen LogP contribution is 2.39. The van der Waals surface area contributed by atoms with Crippen molar-refractivity contribution in [3.8, 4) is 11.4 Å². The lowest BCUT2D eigenvalue weighted by atomic mass is 9.98. The molecule has 5 rings (SSSR count). The third-order valence-corrected chi connectivity index (χ3v) is 6.14. The molecule has 0 amide bonds. The SMILES string of the molecule is O=S(=O)(Oc1ccc2c(c1)c1ccccc1c1ccn(-c3ccccc3)c12)C(F)(F)F. The van der Waals surface area contributed by atoms with Crippen LogP contribution in [-0.2, 0) is 10.1 Å². The Kier molecular flexibility index (Phi) is 4.23. The van der Waals surface area contributed by atoms with E-state index in [9.17, 15) is 21.6 Å². The molecule has 0 atom stereocenters. The number of rotatable bonds is 3. The summed E-state index contributed by atoms with van der Waals surface area (Å²) in [7, 11) is -5.76. The number of fused-ring (bicyclic) bond motifs is 6. The molecular weight excluding hydrogens is 427 g/mol. The third-order valence-electron chi connectivity index (χ3n) is 5.16. The number of benzene rings is 4. The van der Waals surface area contributed by atoms with Crippen LogP contribution in [0.3, 0.4) is 0 Å². The molecule has 0 saturated carbocycles. The van der Waals surface area contributed by atoms with Gasteiger partial charge in [0.05, 0.1) is 5.52 Å². The minimum absolute atomic E-state index is 0.396. The summed E-state index contributed by atoms with van der Waals surface area (Å²) >= 11 is 0. The zero-order valence-corrected chi connectivity index (χ0v) is 16.6. The minimum atomic E-state index is -5.76. The van der Waals surface area contributed by atoms with Gasteiger partial charge in [-0.3, -0.25) is 0 Å². The van der Waals surface area contributed by atoms with Crippen molar-refractivity contribution in [3.05, 3.63) is 85.1 Å². The Balaban J connectivity index is 1.83. The van der Waals surface area contributed by atoms with Crippen LogP contribution in [0, 0.1) is 0 Å². The van der Waals surface area contributed by atoms with Crippen molar-refractivity contribution >= 4 is 42.6 Å². The van der Waals surface area contributed by atoms with Gasteiger partial charge in [0.15, 0.2) is 0 Å². The zero-order chi connectivity index (χ0) is 21.8. The summed E-state index contributed by atoms with van der Waals surface area (Å²) in [4.78, 5) is 0. The molecule has 4 nitrogen and oxygen atoms in total. The van der Waals surface area contributed by atoms with Gasteiger partial charge >= 0.3 is 15.6 Å². The molecular formula is C23H14F3NO3S. The Hall–Kier alpha value is -3.52. The first-order chi connectivity index (χ1) is 14.8. The van der Waals surface area contributed by atoms with Gasteiger partial charge in [-0.1, -0.05) is 42.5 Å². The molecule has 0 aliphatic rings. The molecule has 5 aromatic rings. The topological polar surface area (TPSA) is 48.3 Å². The second-order valence-corrected chi connectivity index (χ2v) is 8.56. The molecule has 156 valence electrons. The van der Waals surface area contributed by atoms with Gasteiger partial charge in [-0.05, 0) is 52.6 Å². The number of hydrogen-bond donors (Lipinski definition) is 0. The molecule has 0 bridgehead atoms. The highest BCUT2D eigenvalue weighted by Gasteiger charge is 2.48. The maximum absolute atomic E-state index is 12.8. The zero-order valence-electron chi connectivity index (χ0n) is 15.8. The monoisotopic (exact) mass is 441 g/mol. The molecule has 0 unspecified atom stereocenters. The fraction of sp³-hybridized carbons (Fsp3) is 0.0435. The number of hydrogen-bond acceptors (Lipinski definition) is 3. The largest absolute Gasteiger partial charge is 0.534 e. The van der Waals surface area contributed by atoms with Crippen molar-refractivity contribution in [1.29, 1.82) is 0 Å². The van der Waals surface area contributed by atoms with Gasteiger partial charge in [0.2, 0.25) is 0 Å². The average Bonchev–Trinajstić information content (AvgIpc) is 3.19. The van der Waals surface area contributed by atoms with Crippen molar-refractivity contribution in [3.63, 3.8) is 0 Å². The number of halogens is 3. The molecule has 1 heterocycles. The van der Waals surface area contributed by atoms with E-state index in [1.165, 1.54) is 12.1 Å². The van der Waals surface area contributed by atoms with E-state index in [0.717, 1.165) is 32.7 Å².